The van der Waals surface area contributed by atoms with E-state index in [0.29, 0.717) is 35.4 Å². The summed E-state index contributed by atoms with van der Waals surface area (Å²) >= 11 is 0. The number of carbonyl (C=O) groups is 2. The average Bonchev–Trinajstić information content (AvgIpc) is 3.06. The monoisotopic (exact) mass is 491 g/mol. The lowest BCUT2D eigenvalue weighted by atomic mass is 9.48. The molecule has 5 aliphatic rings. The SMILES string of the molecule is CC1(C)CCC[NH+](CCC(=O)OC2CCC3(C)C(=CCC4C5CCC(=O)C5(C)CCC43)C2)C1.[Cl-]. The number of quaternary nitrogens is 1. The lowest BCUT2D eigenvalue weighted by Crippen LogP contribution is -3.14. The third-order valence-corrected chi connectivity index (χ3v) is 10.9. The van der Waals surface area contributed by atoms with Gasteiger partial charge in [0.25, 0.3) is 0 Å². The van der Waals surface area contributed by atoms with Crippen molar-refractivity contribution in [2.45, 2.75) is 104 Å². The van der Waals surface area contributed by atoms with Crippen LogP contribution in [0.3, 0.4) is 0 Å². The summed E-state index contributed by atoms with van der Waals surface area (Å²) in [6.07, 6.45) is 14.0. The van der Waals surface area contributed by atoms with Gasteiger partial charge in [0.15, 0.2) is 0 Å². The second kappa shape index (κ2) is 9.54. The maximum atomic E-state index is 12.7. The van der Waals surface area contributed by atoms with Crippen LogP contribution < -0.4 is 17.3 Å². The summed E-state index contributed by atoms with van der Waals surface area (Å²) in [5.74, 6) is 2.48. The third-order valence-electron chi connectivity index (χ3n) is 10.9. The van der Waals surface area contributed by atoms with Crippen LogP contribution in [0.5, 0.6) is 0 Å². The van der Waals surface area contributed by atoms with Crippen molar-refractivity contribution in [3.63, 3.8) is 0 Å². The first-order valence-corrected chi connectivity index (χ1v) is 13.9. The second-order valence-electron chi connectivity index (χ2n) is 13.5. The Morgan fingerprint density at radius 2 is 1.79 bits per heavy atom. The number of ether oxygens (including phenoxy) is 1. The molecule has 0 radical (unpaired) electrons. The summed E-state index contributed by atoms with van der Waals surface area (Å²) in [5.41, 5.74) is 2.13. The van der Waals surface area contributed by atoms with Gasteiger partial charge >= 0.3 is 5.97 Å². The predicted molar refractivity (Wildman–Crippen MR) is 130 cm³/mol. The molecular formula is C29H46ClNO3. The molecule has 1 N–H and O–H groups in total. The zero-order valence-corrected chi connectivity index (χ0v) is 22.6. The normalized spacial score (nSPS) is 43.0. The standard InChI is InChI=1S/C29H45NO3.ClH/c1-27(2)13-5-16-30(19-27)17-12-26(32)33-21-10-14-28(3)20(18-21)6-7-22-23-8-9-25(31)29(23,4)15-11-24(22)28;/h6,21-24H,5,7-19H2,1-4H3;1H. The van der Waals surface area contributed by atoms with Crippen molar-refractivity contribution >= 4 is 11.8 Å². The molecule has 34 heavy (non-hydrogen) atoms. The van der Waals surface area contributed by atoms with E-state index in [1.165, 1.54) is 32.4 Å². The van der Waals surface area contributed by atoms with Crippen LogP contribution in [0, 0.1) is 34.0 Å². The van der Waals surface area contributed by atoms with E-state index in [-0.39, 0.29) is 35.3 Å². The van der Waals surface area contributed by atoms with Gasteiger partial charge in [0.1, 0.15) is 11.9 Å². The topological polar surface area (TPSA) is 47.8 Å². The third kappa shape index (κ3) is 4.63. The average molecular weight is 492 g/mol. The molecule has 0 bridgehead atoms. The van der Waals surface area contributed by atoms with E-state index in [1.807, 2.05) is 0 Å². The van der Waals surface area contributed by atoms with Crippen molar-refractivity contribution < 1.29 is 31.6 Å². The number of allylic oxidation sites excluding steroid dienone is 1. The summed E-state index contributed by atoms with van der Waals surface area (Å²) < 4.78 is 6.03. The zero-order valence-electron chi connectivity index (χ0n) is 21.9. The molecular weight excluding hydrogens is 446 g/mol. The Kier molecular flexibility index (Phi) is 7.35. The molecule has 5 heteroatoms. The second-order valence-corrected chi connectivity index (χ2v) is 13.5. The molecule has 1 aliphatic heterocycles. The van der Waals surface area contributed by atoms with E-state index in [4.69, 9.17) is 4.74 Å². The molecule has 7 atom stereocenters. The van der Waals surface area contributed by atoms with Crippen molar-refractivity contribution in [3.05, 3.63) is 11.6 Å². The molecule has 1 heterocycles. The van der Waals surface area contributed by atoms with Gasteiger partial charge in [-0.1, -0.05) is 39.3 Å². The maximum absolute atomic E-state index is 12.7. The highest BCUT2D eigenvalue weighted by atomic mass is 35.5. The summed E-state index contributed by atoms with van der Waals surface area (Å²) in [4.78, 5) is 26.9. The fourth-order valence-electron chi connectivity index (χ4n) is 8.91. The van der Waals surface area contributed by atoms with Crippen LogP contribution in [-0.4, -0.2) is 37.5 Å². The van der Waals surface area contributed by atoms with Crippen molar-refractivity contribution in [3.8, 4) is 0 Å². The van der Waals surface area contributed by atoms with Gasteiger partial charge in [-0.15, -0.1) is 0 Å². The fourth-order valence-corrected chi connectivity index (χ4v) is 8.91. The van der Waals surface area contributed by atoms with Crippen molar-refractivity contribution in [1.29, 1.82) is 0 Å². The molecule has 7 unspecified atom stereocenters. The number of halogens is 1. The number of fused-ring (bicyclic) bond motifs is 5. The van der Waals surface area contributed by atoms with E-state index in [0.717, 1.165) is 51.5 Å². The number of likely N-dealkylation sites (tertiary alicyclic amines) is 1. The van der Waals surface area contributed by atoms with Gasteiger partial charge in [0.2, 0.25) is 0 Å². The van der Waals surface area contributed by atoms with Gasteiger partial charge in [0, 0.05) is 23.7 Å². The number of esters is 1. The molecule has 0 spiro atoms. The summed E-state index contributed by atoms with van der Waals surface area (Å²) in [6.45, 7) is 12.7. The molecule has 4 fully saturated rings. The van der Waals surface area contributed by atoms with Crippen LogP contribution in [-0.2, 0) is 14.3 Å². The summed E-state index contributed by atoms with van der Waals surface area (Å²) in [7, 11) is 0. The number of nitrogens with one attached hydrogen (secondary N) is 1. The maximum Gasteiger partial charge on any atom is 0.311 e. The number of hydrogen-bond acceptors (Lipinski definition) is 3. The minimum absolute atomic E-state index is 0. The van der Waals surface area contributed by atoms with Crippen LogP contribution in [0.4, 0.5) is 0 Å². The van der Waals surface area contributed by atoms with Gasteiger partial charge < -0.3 is 22.0 Å². The number of rotatable bonds is 4. The van der Waals surface area contributed by atoms with E-state index < -0.39 is 0 Å². The Labute approximate surface area is 213 Å². The number of Topliss-reactive ketones (excluding diaryl/α,β-unsaturated/α-hetero) is 1. The first kappa shape index (κ1) is 26.2. The van der Waals surface area contributed by atoms with Gasteiger partial charge in [-0.2, -0.15) is 0 Å². The van der Waals surface area contributed by atoms with E-state index >= 15 is 0 Å². The van der Waals surface area contributed by atoms with Crippen LogP contribution in [0.15, 0.2) is 11.6 Å². The smallest absolute Gasteiger partial charge is 0.311 e. The largest absolute Gasteiger partial charge is 1.00 e. The Morgan fingerprint density at radius 1 is 1.06 bits per heavy atom. The van der Waals surface area contributed by atoms with E-state index in [2.05, 4.69) is 33.8 Å². The molecule has 0 amide bonds. The van der Waals surface area contributed by atoms with Gasteiger partial charge in [-0.05, 0) is 74.5 Å². The number of piperidine rings is 1. The zero-order chi connectivity index (χ0) is 23.4. The molecule has 5 rings (SSSR count). The Balaban J connectivity index is 0.00000274. The van der Waals surface area contributed by atoms with Crippen molar-refractivity contribution in [2.24, 2.45) is 34.0 Å². The Morgan fingerprint density at radius 3 is 2.56 bits per heavy atom. The van der Waals surface area contributed by atoms with Crippen molar-refractivity contribution in [2.75, 3.05) is 19.6 Å². The Hall–Kier alpha value is -0.870. The number of carbonyl (C=O) groups excluding carboxylic acids is 2. The molecule has 4 aliphatic carbocycles. The predicted octanol–water partition coefficient (Wildman–Crippen LogP) is 1.53. The minimum atomic E-state index is -0.0544. The highest BCUT2D eigenvalue weighted by Gasteiger charge is 2.58. The van der Waals surface area contributed by atoms with Crippen molar-refractivity contribution in [1.82, 2.24) is 0 Å². The van der Waals surface area contributed by atoms with Crippen LogP contribution in [0.25, 0.3) is 0 Å². The highest BCUT2D eigenvalue weighted by Crippen LogP contribution is 2.64. The van der Waals surface area contributed by atoms with E-state index in [9.17, 15) is 9.59 Å². The minimum Gasteiger partial charge on any atom is -1.00 e. The molecule has 1 saturated heterocycles. The molecule has 4 nitrogen and oxygen atoms in total. The molecule has 192 valence electrons. The Bertz CT molecular complexity index is 837. The quantitative estimate of drug-likeness (QED) is 0.479. The first-order valence-electron chi connectivity index (χ1n) is 13.9. The lowest BCUT2D eigenvalue weighted by Gasteiger charge is -2.56. The number of hydrogen-bond donors (Lipinski definition) is 1. The van der Waals surface area contributed by atoms with Crippen LogP contribution in [0.2, 0.25) is 0 Å². The molecule has 0 aromatic rings. The van der Waals surface area contributed by atoms with Gasteiger partial charge in [0.05, 0.1) is 26.1 Å². The highest BCUT2D eigenvalue weighted by molar-refractivity contribution is 5.87. The molecule has 0 aromatic heterocycles. The van der Waals surface area contributed by atoms with Gasteiger partial charge in [-0.25, -0.2) is 0 Å². The molecule has 0 aromatic carbocycles. The van der Waals surface area contributed by atoms with Crippen LogP contribution in [0.1, 0.15) is 98.3 Å². The van der Waals surface area contributed by atoms with E-state index in [1.54, 1.807) is 10.5 Å². The van der Waals surface area contributed by atoms with Crippen LogP contribution >= 0.6 is 0 Å². The fraction of sp³-hybridized carbons (Fsp3) is 0.862. The summed E-state index contributed by atoms with van der Waals surface area (Å²) in [6, 6.07) is 0. The molecule has 3 saturated carbocycles. The van der Waals surface area contributed by atoms with Gasteiger partial charge in [-0.3, -0.25) is 9.59 Å². The summed E-state index contributed by atoms with van der Waals surface area (Å²) in [5, 5.41) is 0. The number of ketones is 1. The first-order chi connectivity index (χ1) is 15.6. The lowest BCUT2D eigenvalue weighted by molar-refractivity contribution is -0.911.